The van der Waals surface area contributed by atoms with E-state index in [1.165, 1.54) is 0 Å². The number of aromatic amines is 1. The van der Waals surface area contributed by atoms with Gasteiger partial charge >= 0.3 is 0 Å². The third kappa shape index (κ3) is 5.44. The zero-order chi connectivity index (χ0) is 10.9. The maximum absolute atomic E-state index is 11.3. The smallest absolute Gasteiger partial charge is 0.230 e. The van der Waals surface area contributed by atoms with Crippen LogP contribution < -0.4 is 5.32 Å². The minimum atomic E-state index is 0.0331. The molecule has 5 nitrogen and oxygen atoms in total. The van der Waals surface area contributed by atoms with Crippen LogP contribution in [-0.2, 0) is 16.1 Å². The van der Waals surface area contributed by atoms with Gasteiger partial charge in [0.2, 0.25) is 5.91 Å². The van der Waals surface area contributed by atoms with E-state index in [1.807, 2.05) is 0 Å². The number of nitrogens with one attached hydrogen (secondary N) is 2. The van der Waals surface area contributed by atoms with Crippen molar-refractivity contribution in [2.75, 3.05) is 25.2 Å². The lowest BCUT2D eigenvalue weighted by Gasteiger charge is -2.03. The number of amides is 1. The molecular formula is C9H15N3O2S. The fraction of sp³-hybridized carbons (Fsp3) is 0.556. The van der Waals surface area contributed by atoms with Crippen LogP contribution >= 0.6 is 11.8 Å². The molecule has 0 spiro atoms. The highest BCUT2D eigenvalue weighted by molar-refractivity contribution is 7.99. The van der Waals surface area contributed by atoms with Crippen molar-refractivity contribution in [3.05, 3.63) is 18.2 Å². The monoisotopic (exact) mass is 229 g/mol. The van der Waals surface area contributed by atoms with Crippen molar-refractivity contribution in [3.63, 3.8) is 0 Å². The summed E-state index contributed by atoms with van der Waals surface area (Å²) in [6.07, 6.45) is 3.28. The Labute approximate surface area is 93.0 Å². The van der Waals surface area contributed by atoms with Gasteiger partial charge < -0.3 is 15.0 Å². The van der Waals surface area contributed by atoms with E-state index >= 15 is 0 Å². The molecule has 0 atom stereocenters. The minimum absolute atomic E-state index is 0.0331. The highest BCUT2D eigenvalue weighted by Crippen LogP contribution is 1.98. The van der Waals surface area contributed by atoms with Crippen molar-refractivity contribution >= 4 is 17.7 Å². The first kappa shape index (κ1) is 12.1. The number of carbonyl (C=O) groups is 1. The Bertz CT molecular complexity index is 277. The Morgan fingerprint density at radius 1 is 1.73 bits per heavy atom. The zero-order valence-corrected chi connectivity index (χ0v) is 9.47. The first-order valence-electron chi connectivity index (χ1n) is 4.63. The number of hydrogen-bond donors (Lipinski definition) is 2. The van der Waals surface area contributed by atoms with Gasteiger partial charge in [0.05, 0.1) is 30.9 Å². The quantitative estimate of drug-likeness (QED) is 0.664. The summed E-state index contributed by atoms with van der Waals surface area (Å²) in [6, 6.07) is 0. The molecule has 0 radical (unpaired) electrons. The summed E-state index contributed by atoms with van der Waals surface area (Å²) in [7, 11) is 1.65. The standard InChI is InChI=1S/C9H15N3O2S/c1-14-2-3-15-6-9(13)11-5-8-4-10-7-12-8/h4,7H,2-3,5-6H2,1H3,(H,10,12)(H,11,13). The van der Waals surface area contributed by atoms with Gasteiger partial charge in [-0.1, -0.05) is 0 Å². The Kier molecular flexibility index (Phi) is 5.87. The number of H-pyrrole nitrogens is 1. The Balaban J connectivity index is 2.04. The molecule has 0 saturated heterocycles. The van der Waals surface area contributed by atoms with Crippen LogP contribution in [0.2, 0.25) is 0 Å². The highest BCUT2D eigenvalue weighted by atomic mass is 32.2. The average molecular weight is 229 g/mol. The summed E-state index contributed by atoms with van der Waals surface area (Å²) in [5.74, 6) is 1.34. The van der Waals surface area contributed by atoms with Crippen LogP contribution in [0.3, 0.4) is 0 Å². The van der Waals surface area contributed by atoms with E-state index in [0.717, 1.165) is 11.4 Å². The van der Waals surface area contributed by atoms with Crippen LogP contribution in [-0.4, -0.2) is 41.1 Å². The molecule has 15 heavy (non-hydrogen) atoms. The van der Waals surface area contributed by atoms with Crippen LogP contribution in [0.5, 0.6) is 0 Å². The number of aromatic nitrogens is 2. The molecule has 1 amide bonds. The molecule has 0 aliphatic heterocycles. The van der Waals surface area contributed by atoms with Gasteiger partial charge in [0.15, 0.2) is 0 Å². The van der Waals surface area contributed by atoms with Gasteiger partial charge in [-0.15, -0.1) is 11.8 Å². The summed E-state index contributed by atoms with van der Waals surface area (Å²) in [4.78, 5) is 18.1. The molecule has 0 fully saturated rings. The van der Waals surface area contributed by atoms with Gasteiger partial charge in [0.1, 0.15) is 0 Å². The number of methoxy groups -OCH3 is 1. The van der Waals surface area contributed by atoms with Crippen LogP contribution in [0, 0.1) is 0 Å². The van der Waals surface area contributed by atoms with E-state index in [4.69, 9.17) is 4.74 Å². The van der Waals surface area contributed by atoms with E-state index in [-0.39, 0.29) is 5.91 Å². The number of carbonyl (C=O) groups excluding carboxylic acids is 1. The molecule has 0 bridgehead atoms. The number of thioether (sulfide) groups is 1. The topological polar surface area (TPSA) is 67.0 Å². The molecule has 0 aromatic carbocycles. The average Bonchev–Trinajstić information content (AvgIpc) is 2.74. The largest absolute Gasteiger partial charge is 0.384 e. The molecule has 0 aliphatic rings. The number of rotatable bonds is 7. The fourth-order valence-corrected chi connectivity index (χ4v) is 1.65. The maximum atomic E-state index is 11.3. The number of hydrogen-bond acceptors (Lipinski definition) is 4. The molecule has 1 heterocycles. The Hall–Kier alpha value is -1.01. The molecule has 2 N–H and O–H groups in total. The van der Waals surface area contributed by atoms with Gasteiger partial charge in [-0.2, -0.15) is 0 Å². The third-order valence-corrected chi connectivity index (χ3v) is 2.62. The highest BCUT2D eigenvalue weighted by Gasteiger charge is 2.01. The summed E-state index contributed by atoms with van der Waals surface area (Å²) in [5, 5.41) is 2.79. The molecule has 0 saturated carbocycles. The van der Waals surface area contributed by atoms with Crippen molar-refractivity contribution in [3.8, 4) is 0 Å². The SMILES string of the molecule is COCCSCC(=O)NCc1cnc[nH]1. The minimum Gasteiger partial charge on any atom is -0.384 e. The summed E-state index contributed by atoms with van der Waals surface area (Å²) >= 11 is 1.56. The first-order chi connectivity index (χ1) is 7.33. The molecular weight excluding hydrogens is 214 g/mol. The predicted octanol–water partition coefficient (Wildman–Crippen LogP) is 0.405. The normalized spacial score (nSPS) is 10.2. The molecule has 1 aromatic rings. The summed E-state index contributed by atoms with van der Waals surface area (Å²) < 4.78 is 4.88. The van der Waals surface area contributed by atoms with E-state index < -0.39 is 0 Å². The number of nitrogens with zero attached hydrogens (tertiary/aromatic N) is 1. The molecule has 1 aromatic heterocycles. The van der Waals surface area contributed by atoms with Crippen LogP contribution in [0.4, 0.5) is 0 Å². The first-order valence-corrected chi connectivity index (χ1v) is 5.79. The van der Waals surface area contributed by atoms with Crippen LogP contribution in [0.1, 0.15) is 5.69 Å². The fourth-order valence-electron chi connectivity index (χ4n) is 0.933. The maximum Gasteiger partial charge on any atom is 0.230 e. The van der Waals surface area contributed by atoms with Crippen molar-refractivity contribution in [2.24, 2.45) is 0 Å². The summed E-state index contributed by atoms with van der Waals surface area (Å²) in [6.45, 7) is 1.18. The van der Waals surface area contributed by atoms with Gasteiger partial charge in [-0.05, 0) is 0 Å². The van der Waals surface area contributed by atoms with Crippen LogP contribution in [0.15, 0.2) is 12.5 Å². The molecule has 6 heteroatoms. The van der Waals surface area contributed by atoms with Crippen molar-refractivity contribution < 1.29 is 9.53 Å². The second kappa shape index (κ2) is 7.30. The second-order valence-corrected chi connectivity index (χ2v) is 4.00. The Morgan fingerprint density at radius 2 is 2.60 bits per heavy atom. The van der Waals surface area contributed by atoms with Crippen molar-refractivity contribution in [1.29, 1.82) is 0 Å². The molecule has 84 valence electrons. The van der Waals surface area contributed by atoms with Gasteiger partial charge in [-0.3, -0.25) is 4.79 Å². The molecule has 0 unspecified atom stereocenters. The third-order valence-electron chi connectivity index (χ3n) is 1.70. The number of ether oxygens (including phenoxy) is 1. The van der Waals surface area contributed by atoms with Crippen LogP contribution in [0.25, 0.3) is 0 Å². The Morgan fingerprint density at radius 3 is 3.27 bits per heavy atom. The van der Waals surface area contributed by atoms with Gasteiger partial charge in [0.25, 0.3) is 0 Å². The van der Waals surface area contributed by atoms with Gasteiger partial charge in [0, 0.05) is 19.1 Å². The van der Waals surface area contributed by atoms with E-state index in [9.17, 15) is 4.79 Å². The molecule has 1 rings (SSSR count). The predicted molar refractivity (Wildman–Crippen MR) is 59.6 cm³/mol. The van der Waals surface area contributed by atoms with E-state index in [2.05, 4.69) is 15.3 Å². The van der Waals surface area contributed by atoms with Crippen molar-refractivity contribution in [1.82, 2.24) is 15.3 Å². The second-order valence-electron chi connectivity index (χ2n) is 2.90. The molecule has 0 aliphatic carbocycles. The lowest BCUT2D eigenvalue weighted by molar-refractivity contribution is -0.118. The lowest BCUT2D eigenvalue weighted by atomic mass is 10.5. The zero-order valence-electron chi connectivity index (χ0n) is 8.66. The van der Waals surface area contributed by atoms with E-state index in [1.54, 1.807) is 31.4 Å². The van der Waals surface area contributed by atoms with Gasteiger partial charge in [-0.25, -0.2) is 4.98 Å². The van der Waals surface area contributed by atoms with E-state index in [0.29, 0.717) is 18.9 Å². The number of imidazole rings is 1. The summed E-state index contributed by atoms with van der Waals surface area (Å²) in [5.41, 5.74) is 0.908. The lowest BCUT2D eigenvalue weighted by Crippen LogP contribution is -2.25. The van der Waals surface area contributed by atoms with Crippen molar-refractivity contribution in [2.45, 2.75) is 6.54 Å².